The van der Waals surface area contributed by atoms with E-state index in [1.54, 1.807) is 24.3 Å². The van der Waals surface area contributed by atoms with Gasteiger partial charge < -0.3 is 31.3 Å². The maximum absolute atomic E-state index is 13.8. The SMILES string of the molecule is Cc1ccc([C@@H]2c3cccc(O)c3C(=O)C3=C(O)[C@]4(O)C(=O)C(C(N)=O)=C(O)[C@@H](N(C)C)[C@@H]4[C@@H](O)[C@@H]32)cc1. The van der Waals surface area contributed by atoms with Crippen molar-refractivity contribution >= 4 is 17.5 Å². The third kappa shape index (κ3) is 3.20. The van der Waals surface area contributed by atoms with Crippen LogP contribution in [-0.4, -0.2) is 79.7 Å². The van der Waals surface area contributed by atoms with E-state index in [0.29, 0.717) is 11.1 Å². The van der Waals surface area contributed by atoms with Crippen molar-refractivity contribution in [1.29, 1.82) is 0 Å². The van der Waals surface area contributed by atoms with E-state index in [2.05, 4.69) is 0 Å². The standard InChI is InChI=1S/C28H28N2O8/c1-11-7-9-12(10-8-11)15-13-5-4-6-14(31)16(13)22(32)18-17(15)23(33)20-21(30(2)3)24(34)19(27(29)37)26(36)28(20,38)25(18)35/h4-10,15,17,20-21,23,31,33-35,38H,1-3H3,(H2,29,37)/t15-,17-,20-,21+,23+,28+/m1/s1. The smallest absolute Gasteiger partial charge is 0.255 e. The van der Waals surface area contributed by atoms with Gasteiger partial charge in [0, 0.05) is 17.4 Å². The number of phenols is 1. The molecule has 0 saturated heterocycles. The third-order valence-electron chi connectivity index (χ3n) is 8.10. The number of hydrogen-bond acceptors (Lipinski definition) is 9. The number of aliphatic hydroxyl groups is 4. The summed E-state index contributed by atoms with van der Waals surface area (Å²) in [5, 5.41) is 56.9. The monoisotopic (exact) mass is 520 g/mol. The molecule has 0 aromatic heterocycles. The van der Waals surface area contributed by atoms with Gasteiger partial charge in [0.2, 0.25) is 5.78 Å². The van der Waals surface area contributed by atoms with Gasteiger partial charge in [-0.1, -0.05) is 42.0 Å². The molecule has 5 rings (SSSR count). The van der Waals surface area contributed by atoms with Crippen molar-refractivity contribution in [1.82, 2.24) is 4.90 Å². The summed E-state index contributed by atoms with van der Waals surface area (Å²) >= 11 is 0. The zero-order valence-corrected chi connectivity index (χ0v) is 20.9. The van der Waals surface area contributed by atoms with Gasteiger partial charge in [-0.15, -0.1) is 0 Å². The summed E-state index contributed by atoms with van der Waals surface area (Å²) in [5.41, 5.74) is 2.89. The average molecular weight is 521 g/mol. The Balaban J connectivity index is 1.87. The number of likely N-dealkylation sites (N-methyl/N-ethyl adjacent to an activating group) is 1. The number of phenolic OH excluding ortho intramolecular Hbond substituents is 1. The highest BCUT2D eigenvalue weighted by Crippen LogP contribution is 2.56. The van der Waals surface area contributed by atoms with Gasteiger partial charge in [-0.2, -0.15) is 0 Å². The number of hydrogen-bond donors (Lipinski definition) is 6. The topological polar surface area (TPSA) is 182 Å². The average Bonchev–Trinajstić information content (AvgIpc) is 2.84. The Morgan fingerprint density at radius 2 is 1.66 bits per heavy atom. The fourth-order valence-corrected chi connectivity index (χ4v) is 6.44. The Kier molecular flexibility index (Phi) is 5.75. The molecule has 6 atom stereocenters. The predicted octanol–water partition coefficient (Wildman–Crippen LogP) is 0.989. The summed E-state index contributed by atoms with van der Waals surface area (Å²) in [4.78, 5) is 40.8. The minimum atomic E-state index is -2.95. The highest BCUT2D eigenvalue weighted by molar-refractivity contribution is 6.25. The lowest BCUT2D eigenvalue weighted by molar-refractivity contribution is -0.162. The number of carbonyl (C=O) groups is 3. The van der Waals surface area contributed by atoms with Crippen LogP contribution in [0.25, 0.3) is 0 Å². The van der Waals surface area contributed by atoms with Crippen molar-refractivity contribution in [3.8, 4) is 5.75 Å². The van der Waals surface area contributed by atoms with E-state index in [-0.39, 0.29) is 11.3 Å². The molecule has 38 heavy (non-hydrogen) atoms. The van der Waals surface area contributed by atoms with Crippen LogP contribution in [0.1, 0.15) is 33.0 Å². The number of benzene rings is 2. The molecule has 0 fully saturated rings. The van der Waals surface area contributed by atoms with Crippen LogP contribution in [0.15, 0.2) is 65.1 Å². The molecule has 0 aliphatic heterocycles. The van der Waals surface area contributed by atoms with Gasteiger partial charge in [0.1, 0.15) is 22.8 Å². The number of ketones is 2. The van der Waals surface area contributed by atoms with Crippen molar-refractivity contribution in [3.63, 3.8) is 0 Å². The molecule has 3 aliphatic rings. The number of aliphatic hydroxyl groups excluding tert-OH is 3. The maximum Gasteiger partial charge on any atom is 0.255 e. The summed E-state index contributed by atoms with van der Waals surface area (Å²) in [6.07, 6.45) is -1.68. The molecule has 198 valence electrons. The first-order valence-electron chi connectivity index (χ1n) is 12.0. The van der Waals surface area contributed by atoms with Gasteiger partial charge in [0.05, 0.1) is 23.6 Å². The second-order valence-corrected chi connectivity index (χ2v) is 10.4. The van der Waals surface area contributed by atoms with Crippen molar-refractivity contribution in [2.75, 3.05) is 14.1 Å². The first-order valence-corrected chi connectivity index (χ1v) is 12.0. The summed E-state index contributed by atoms with van der Waals surface area (Å²) in [6.45, 7) is 1.89. The van der Waals surface area contributed by atoms with Crippen molar-refractivity contribution in [3.05, 3.63) is 87.4 Å². The fraction of sp³-hybridized carbons (Fsp3) is 0.321. The van der Waals surface area contributed by atoms with E-state index in [0.717, 1.165) is 5.56 Å². The largest absolute Gasteiger partial charge is 0.510 e. The zero-order chi connectivity index (χ0) is 27.8. The first kappa shape index (κ1) is 25.7. The number of aryl methyl sites for hydroxylation is 1. The molecule has 10 heteroatoms. The van der Waals surface area contributed by atoms with Gasteiger partial charge in [-0.25, -0.2) is 0 Å². The van der Waals surface area contributed by atoms with Gasteiger partial charge in [0.25, 0.3) is 5.91 Å². The van der Waals surface area contributed by atoms with Crippen molar-refractivity contribution < 1.29 is 39.9 Å². The third-order valence-corrected chi connectivity index (χ3v) is 8.10. The Hall–Kier alpha value is -3.99. The van der Waals surface area contributed by atoms with Gasteiger partial charge in [-0.05, 0) is 38.2 Å². The van der Waals surface area contributed by atoms with Gasteiger partial charge in [-0.3, -0.25) is 19.3 Å². The second-order valence-electron chi connectivity index (χ2n) is 10.4. The highest BCUT2D eigenvalue weighted by Gasteiger charge is 2.67. The van der Waals surface area contributed by atoms with E-state index in [1.807, 2.05) is 19.1 Å². The minimum Gasteiger partial charge on any atom is -0.510 e. The zero-order valence-electron chi connectivity index (χ0n) is 20.9. The molecule has 10 nitrogen and oxygen atoms in total. The first-order chi connectivity index (χ1) is 17.8. The van der Waals surface area contributed by atoms with E-state index in [1.165, 1.54) is 25.1 Å². The number of nitrogens with zero attached hydrogens (tertiary/aromatic N) is 1. The normalized spacial score (nSPS) is 30.7. The predicted molar refractivity (Wildman–Crippen MR) is 134 cm³/mol. The molecule has 1 amide bonds. The van der Waals surface area contributed by atoms with Crippen LogP contribution in [0.2, 0.25) is 0 Å². The second kappa shape index (κ2) is 8.52. The van der Waals surface area contributed by atoms with Crippen LogP contribution in [0, 0.1) is 18.8 Å². The molecule has 0 heterocycles. The summed E-state index contributed by atoms with van der Waals surface area (Å²) in [5.74, 6) is -9.33. The van der Waals surface area contributed by atoms with E-state index >= 15 is 0 Å². The lowest BCUT2D eigenvalue weighted by atomic mass is 9.54. The Bertz CT molecular complexity index is 1460. The van der Waals surface area contributed by atoms with Crippen LogP contribution in [0.3, 0.4) is 0 Å². The molecule has 0 unspecified atom stereocenters. The van der Waals surface area contributed by atoms with Crippen LogP contribution >= 0.6 is 0 Å². The van der Waals surface area contributed by atoms with E-state index in [9.17, 15) is 39.9 Å². The quantitative estimate of drug-likeness (QED) is 0.322. The summed E-state index contributed by atoms with van der Waals surface area (Å²) < 4.78 is 0. The molecule has 0 radical (unpaired) electrons. The highest BCUT2D eigenvalue weighted by atomic mass is 16.4. The van der Waals surface area contributed by atoms with Crippen LogP contribution in [-0.2, 0) is 9.59 Å². The number of carbonyl (C=O) groups excluding carboxylic acids is 3. The molecule has 3 aliphatic carbocycles. The lowest BCUT2D eigenvalue weighted by Gasteiger charge is -2.53. The number of primary amides is 1. The number of nitrogens with two attached hydrogens (primary N) is 1. The molecule has 2 aromatic carbocycles. The van der Waals surface area contributed by atoms with Crippen LogP contribution in [0.4, 0.5) is 0 Å². The number of aromatic hydroxyl groups is 1. The molecule has 0 saturated carbocycles. The van der Waals surface area contributed by atoms with Crippen molar-refractivity contribution in [2.24, 2.45) is 17.6 Å². The lowest BCUT2D eigenvalue weighted by Crippen LogP contribution is -2.68. The Labute approximate surface area is 217 Å². The van der Waals surface area contributed by atoms with Crippen molar-refractivity contribution in [2.45, 2.75) is 30.6 Å². The summed E-state index contributed by atoms with van der Waals surface area (Å²) in [7, 11) is 2.99. The molecular formula is C28H28N2O8. The Morgan fingerprint density at radius 1 is 1.03 bits per heavy atom. The van der Waals surface area contributed by atoms with E-state index in [4.69, 9.17) is 5.73 Å². The van der Waals surface area contributed by atoms with Crippen LogP contribution < -0.4 is 5.73 Å². The van der Waals surface area contributed by atoms with E-state index < -0.39 is 75.6 Å². The molecule has 0 bridgehead atoms. The number of amides is 1. The number of fused-ring (bicyclic) bond motifs is 3. The molecule has 2 aromatic rings. The molecule has 0 spiro atoms. The van der Waals surface area contributed by atoms with Gasteiger partial charge in [0.15, 0.2) is 11.4 Å². The fourth-order valence-electron chi connectivity index (χ4n) is 6.44. The van der Waals surface area contributed by atoms with Crippen LogP contribution in [0.5, 0.6) is 5.75 Å². The molecule has 7 N–H and O–H groups in total. The number of Topliss-reactive ketones (excluding diaryl/α,β-unsaturated/α-hetero) is 2. The Morgan fingerprint density at radius 3 is 2.24 bits per heavy atom. The minimum absolute atomic E-state index is 0.133. The molecular weight excluding hydrogens is 492 g/mol. The number of rotatable bonds is 3. The van der Waals surface area contributed by atoms with Gasteiger partial charge >= 0.3 is 0 Å². The maximum atomic E-state index is 13.8. The summed E-state index contributed by atoms with van der Waals surface area (Å²) in [6, 6.07) is 10.4.